The predicted molar refractivity (Wildman–Crippen MR) is 61.7 cm³/mol. The van der Waals surface area contributed by atoms with Crippen molar-refractivity contribution < 1.29 is 9.90 Å². The summed E-state index contributed by atoms with van der Waals surface area (Å²) in [5.74, 6) is -0.872. The fraction of sp³-hybridized carbons (Fsp3) is 0.636. The summed E-state index contributed by atoms with van der Waals surface area (Å²) < 4.78 is 0. The highest BCUT2D eigenvalue weighted by molar-refractivity contribution is 7.13. The van der Waals surface area contributed by atoms with E-state index in [9.17, 15) is 4.79 Å². The first-order valence-electron chi connectivity index (χ1n) is 5.09. The van der Waals surface area contributed by atoms with Crippen LogP contribution < -0.4 is 0 Å². The number of nitrogens with zero attached hydrogens (tertiary/aromatic N) is 1. The molecule has 0 aliphatic heterocycles. The zero-order valence-corrected chi connectivity index (χ0v) is 10.4. The van der Waals surface area contributed by atoms with Crippen LogP contribution in [0.4, 0.5) is 0 Å². The lowest BCUT2D eigenvalue weighted by atomic mass is 9.89. The van der Waals surface area contributed by atoms with Crippen LogP contribution in [-0.2, 0) is 5.41 Å². The number of aromatic carboxylic acids is 1. The van der Waals surface area contributed by atoms with Gasteiger partial charge in [0.1, 0.15) is 4.88 Å². The van der Waals surface area contributed by atoms with E-state index in [-0.39, 0.29) is 5.41 Å². The number of carboxylic acid groups (broad SMARTS) is 1. The van der Waals surface area contributed by atoms with Gasteiger partial charge >= 0.3 is 5.97 Å². The van der Waals surface area contributed by atoms with Crippen LogP contribution in [0, 0.1) is 6.92 Å². The van der Waals surface area contributed by atoms with Crippen LogP contribution in [0.15, 0.2) is 0 Å². The molecule has 1 heterocycles. The molecular formula is C11H17NO2S. The fourth-order valence-electron chi connectivity index (χ4n) is 1.62. The molecular weight excluding hydrogens is 210 g/mol. The van der Waals surface area contributed by atoms with Gasteiger partial charge < -0.3 is 5.11 Å². The van der Waals surface area contributed by atoms with E-state index >= 15 is 0 Å². The molecule has 0 radical (unpaired) electrons. The van der Waals surface area contributed by atoms with Crippen LogP contribution in [0.3, 0.4) is 0 Å². The van der Waals surface area contributed by atoms with Crippen molar-refractivity contribution in [2.75, 3.05) is 0 Å². The highest BCUT2D eigenvalue weighted by Crippen LogP contribution is 2.33. The van der Waals surface area contributed by atoms with Gasteiger partial charge in [-0.3, -0.25) is 0 Å². The molecule has 1 aromatic heterocycles. The molecule has 0 aliphatic carbocycles. The van der Waals surface area contributed by atoms with E-state index in [2.05, 4.69) is 25.8 Å². The molecule has 1 rings (SSSR count). The third kappa shape index (κ3) is 2.56. The van der Waals surface area contributed by atoms with Crippen molar-refractivity contribution in [1.82, 2.24) is 4.98 Å². The lowest BCUT2D eigenvalue weighted by Crippen LogP contribution is -2.16. The maximum atomic E-state index is 10.9. The Bertz CT molecular complexity index is 369. The van der Waals surface area contributed by atoms with Gasteiger partial charge in [0.15, 0.2) is 0 Å². The molecule has 3 nitrogen and oxygen atoms in total. The average Bonchev–Trinajstić information content (AvgIpc) is 2.47. The van der Waals surface area contributed by atoms with Gasteiger partial charge in [0, 0.05) is 5.41 Å². The molecule has 0 aliphatic rings. The molecule has 0 fully saturated rings. The molecule has 0 unspecified atom stereocenters. The number of carboxylic acids is 1. The lowest BCUT2D eigenvalue weighted by molar-refractivity contribution is 0.0701. The molecule has 15 heavy (non-hydrogen) atoms. The van der Waals surface area contributed by atoms with E-state index in [0.29, 0.717) is 10.6 Å². The maximum Gasteiger partial charge on any atom is 0.347 e. The smallest absolute Gasteiger partial charge is 0.347 e. The number of hydrogen-bond acceptors (Lipinski definition) is 3. The minimum absolute atomic E-state index is 0.0160. The normalized spacial score (nSPS) is 11.7. The second-order valence-corrected chi connectivity index (χ2v) is 5.37. The van der Waals surface area contributed by atoms with Crippen LogP contribution in [0.2, 0.25) is 0 Å². The van der Waals surface area contributed by atoms with Gasteiger partial charge in [-0.2, -0.15) is 0 Å². The summed E-state index contributed by atoms with van der Waals surface area (Å²) in [4.78, 5) is 15.6. The van der Waals surface area contributed by atoms with E-state index in [1.54, 1.807) is 6.92 Å². The molecule has 0 saturated heterocycles. The molecule has 0 amide bonds. The Morgan fingerprint density at radius 1 is 1.53 bits per heavy atom. The first-order chi connectivity index (χ1) is 6.88. The molecule has 0 spiro atoms. The van der Waals surface area contributed by atoms with E-state index in [1.807, 2.05) is 0 Å². The molecule has 0 saturated carbocycles. The number of thiazole rings is 1. The SMILES string of the molecule is CCCC(C)(C)c1nc(C)c(C(=O)O)s1. The number of aromatic nitrogens is 1. The molecule has 0 bridgehead atoms. The zero-order valence-electron chi connectivity index (χ0n) is 9.63. The van der Waals surface area contributed by atoms with Gasteiger partial charge in [-0.1, -0.05) is 27.2 Å². The Labute approximate surface area is 94.2 Å². The first-order valence-corrected chi connectivity index (χ1v) is 5.91. The molecule has 84 valence electrons. The number of hydrogen-bond donors (Lipinski definition) is 1. The van der Waals surface area contributed by atoms with Crippen LogP contribution in [0.5, 0.6) is 0 Å². The monoisotopic (exact) mass is 227 g/mol. The van der Waals surface area contributed by atoms with Crippen molar-refractivity contribution in [3.05, 3.63) is 15.6 Å². The Morgan fingerprint density at radius 3 is 2.53 bits per heavy atom. The van der Waals surface area contributed by atoms with Gasteiger partial charge in [0.25, 0.3) is 0 Å². The van der Waals surface area contributed by atoms with Gasteiger partial charge in [0.2, 0.25) is 0 Å². The summed E-state index contributed by atoms with van der Waals surface area (Å²) in [5, 5.41) is 9.87. The van der Waals surface area contributed by atoms with E-state index in [1.165, 1.54) is 11.3 Å². The summed E-state index contributed by atoms with van der Waals surface area (Å²) in [6, 6.07) is 0. The minimum atomic E-state index is -0.872. The Balaban J connectivity index is 3.06. The quantitative estimate of drug-likeness (QED) is 0.859. The van der Waals surface area contributed by atoms with Crippen molar-refractivity contribution in [2.45, 2.75) is 46.0 Å². The summed E-state index contributed by atoms with van der Waals surface area (Å²) >= 11 is 1.30. The second-order valence-electron chi connectivity index (χ2n) is 4.37. The first kappa shape index (κ1) is 12.2. The number of carbonyl (C=O) groups is 1. The topological polar surface area (TPSA) is 50.2 Å². The summed E-state index contributed by atoms with van der Waals surface area (Å²) in [7, 11) is 0. The van der Waals surface area contributed by atoms with Crippen molar-refractivity contribution in [3.63, 3.8) is 0 Å². The zero-order chi connectivity index (χ0) is 11.6. The van der Waals surface area contributed by atoms with Crippen molar-refractivity contribution in [1.29, 1.82) is 0 Å². The Hall–Kier alpha value is -0.900. The van der Waals surface area contributed by atoms with E-state index in [4.69, 9.17) is 5.11 Å². The third-order valence-corrected chi connectivity index (χ3v) is 3.96. The van der Waals surface area contributed by atoms with Crippen LogP contribution in [0.25, 0.3) is 0 Å². The van der Waals surface area contributed by atoms with Crippen LogP contribution in [-0.4, -0.2) is 16.1 Å². The molecule has 1 aromatic rings. The van der Waals surface area contributed by atoms with Gasteiger partial charge in [-0.25, -0.2) is 9.78 Å². The fourth-order valence-corrected chi connectivity index (χ4v) is 2.65. The average molecular weight is 227 g/mol. The number of aryl methyl sites for hydroxylation is 1. The summed E-state index contributed by atoms with van der Waals surface area (Å²) in [6.45, 7) is 8.10. The molecule has 1 N–H and O–H groups in total. The van der Waals surface area contributed by atoms with E-state index in [0.717, 1.165) is 17.8 Å². The highest BCUT2D eigenvalue weighted by Gasteiger charge is 2.26. The molecule has 0 atom stereocenters. The van der Waals surface area contributed by atoms with Crippen LogP contribution >= 0.6 is 11.3 Å². The molecule has 4 heteroatoms. The van der Waals surface area contributed by atoms with E-state index < -0.39 is 5.97 Å². The van der Waals surface area contributed by atoms with Crippen molar-refractivity contribution in [3.8, 4) is 0 Å². The lowest BCUT2D eigenvalue weighted by Gasteiger charge is -2.20. The summed E-state index contributed by atoms with van der Waals surface area (Å²) in [6.07, 6.45) is 2.10. The predicted octanol–water partition coefficient (Wildman–Crippen LogP) is 3.23. The largest absolute Gasteiger partial charge is 0.477 e. The number of rotatable bonds is 4. The van der Waals surface area contributed by atoms with Crippen molar-refractivity contribution in [2.24, 2.45) is 0 Å². The van der Waals surface area contributed by atoms with Crippen molar-refractivity contribution >= 4 is 17.3 Å². The van der Waals surface area contributed by atoms with Crippen LogP contribution in [0.1, 0.15) is 54.0 Å². The Kier molecular flexibility index (Phi) is 3.50. The summed E-state index contributed by atoms with van der Waals surface area (Å²) in [5.41, 5.74) is 0.615. The van der Waals surface area contributed by atoms with Gasteiger partial charge in [0.05, 0.1) is 10.7 Å². The minimum Gasteiger partial charge on any atom is -0.477 e. The second kappa shape index (κ2) is 4.31. The third-order valence-electron chi connectivity index (χ3n) is 2.44. The highest BCUT2D eigenvalue weighted by atomic mass is 32.1. The standard InChI is InChI=1S/C11H17NO2S/c1-5-6-11(3,4)10-12-7(2)8(15-10)9(13)14/h5-6H2,1-4H3,(H,13,14). The Morgan fingerprint density at radius 2 is 2.13 bits per heavy atom. The maximum absolute atomic E-state index is 10.9. The van der Waals surface area contributed by atoms with Gasteiger partial charge in [-0.05, 0) is 13.3 Å². The van der Waals surface area contributed by atoms with Gasteiger partial charge in [-0.15, -0.1) is 11.3 Å². The molecule has 0 aromatic carbocycles.